The van der Waals surface area contributed by atoms with Gasteiger partial charge in [0.05, 0.1) is 5.84 Å². The first-order chi connectivity index (χ1) is 21.2. The average Bonchev–Trinajstić information content (AvgIpc) is 3.06. The van der Waals surface area contributed by atoms with Gasteiger partial charge in [-0.15, -0.1) is 12.8 Å². The maximum Gasteiger partial charge on any atom is 0.127 e. The van der Waals surface area contributed by atoms with Crippen LogP contribution in [0.5, 0.6) is 0 Å². The number of hydrogen-bond acceptors (Lipinski definition) is 3. The molecule has 0 aliphatic heterocycles. The Balaban J connectivity index is -0.00000263. The lowest BCUT2D eigenvalue weighted by molar-refractivity contribution is 0.114. The average molecular weight is 613 g/mol. The standard InChI is InChI=1S/C33H55FN4.2C2H6.C2H2/c1-10-21-38(28(7)20-22-37(13-4)25-31-18-15-27(6)23-33(31)34)32(12-3)19-16-26(5)14-17-30(11-2)24-36-29(8)35-9;3*1-2/h11,14-15,17-18,23,28,32H,5,10,12-13,16,19-22,24-25H2,1-4,6-9H3,(H,35,36);2*1-2H3;1-2H/b17-14-,30-11+;;;. The lowest BCUT2D eigenvalue weighted by Crippen LogP contribution is -2.43. The minimum absolute atomic E-state index is 0.0906. The number of nitrogens with zero attached hydrogens (tertiary/aromatic N) is 3. The lowest BCUT2D eigenvalue weighted by atomic mass is 9.99. The number of aliphatic imine (C=N–C) groups is 1. The molecule has 0 fully saturated rings. The number of terminal acetylenes is 1. The maximum atomic E-state index is 14.4. The minimum atomic E-state index is -0.0906. The van der Waals surface area contributed by atoms with E-state index in [4.69, 9.17) is 0 Å². The van der Waals surface area contributed by atoms with Crippen LogP contribution < -0.4 is 5.32 Å². The van der Waals surface area contributed by atoms with Gasteiger partial charge >= 0.3 is 0 Å². The minimum Gasteiger partial charge on any atom is -0.370 e. The van der Waals surface area contributed by atoms with E-state index >= 15 is 0 Å². The number of nitrogens with one attached hydrogen (secondary N) is 1. The van der Waals surface area contributed by atoms with Crippen molar-refractivity contribution in [1.82, 2.24) is 15.1 Å². The van der Waals surface area contributed by atoms with Gasteiger partial charge in [-0.1, -0.05) is 91.0 Å². The van der Waals surface area contributed by atoms with Gasteiger partial charge in [-0.2, -0.15) is 0 Å². The van der Waals surface area contributed by atoms with Gasteiger partial charge in [0, 0.05) is 37.8 Å². The molecule has 0 heterocycles. The predicted molar refractivity (Wildman–Crippen MR) is 198 cm³/mol. The van der Waals surface area contributed by atoms with Crippen molar-refractivity contribution in [3.63, 3.8) is 0 Å². The summed E-state index contributed by atoms with van der Waals surface area (Å²) < 4.78 is 14.4. The van der Waals surface area contributed by atoms with Gasteiger partial charge in [-0.05, 0) is 96.6 Å². The molecule has 5 heteroatoms. The highest BCUT2D eigenvalue weighted by atomic mass is 19.1. The van der Waals surface area contributed by atoms with Crippen molar-refractivity contribution < 1.29 is 4.39 Å². The highest BCUT2D eigenvalue weighted by Crippen LogP contribution is 2.21. The second-order valence-electron chi connectivity index (χ2n) is 10.5. The van der Waals surface area contributed by atoms with E-state index in [1.54, 1.807) is 13.1 Å². The Kier molecular flexibility index (Phi) is 31.6. The summed E-state index contributed by atoms with van der Waals surface area (Å²) in [5, 5.41) is 3.32. The lowest BCUT2D eigenvalue weighted by Gasteiger charge is -2.37. The van der Waals surface area contributed by atoms with Crippen molar-refractivity contribution in [2.45, 2.75) is 127 Å². The summed E-state index contributed by atoms with van der Waals surface area (Å²) in [4.78, 5) is 9.23. The Morgan fingerprint density at radius 1 is 1.07 bits per heavy atom. The third-order valence-electron chi connectivity index (χ3n) is 7.49. The molecule has 0 saturated carbocycles. The predicted octanol–water partition coefficient (Wildman–Crippen LogP) is 10.0. The van der Waals surface area contributed by atoms with Gasteiger partial charge in [0.1, 0.15) is 5.82 Å². The summed E-state index contributed by atoms with van der Waals surface area (Å²) in [6.45, 7) is 31.9. The molecule has 0 aliphatic rings. The normalized spacial score (nSPS) is 12.8. The summed E-state index contributed by atoms with van der Waals surface area (Å²) in [6.07, 6.45) is 19.9. The summed E-state index contributed by atoms with van der Waals surface area (Å²) in [7, 11) is 1.80. The van der Waals surface area contributed by atoms with Crippen molar-refractivity contribution in [3.8, 4) is 12.8 Å². The Hall–Kier alpha value is -2.68. The zero-order valence-electron chi connectivity index (χ0n) is 30.8. The van der Waals surface area contributed by atoms with Crippen LogP contribution >= 0.6 is 0 Å². The molecular weight excluding hydrogens is 543 g/mol. The molecule has 4 nitrogen and oxygen atoms in total. The van der Waals surface area contributed by atoms with E-state index < -0.39 is 0 Å². The summed E-state index contributed by atoms with van der Waals surface area (Å²) in [5.41, 5.74) is 4.16. The fourth-order valence-corrected chi connectivity index (χ4v) is 4.76. The van der Waals surface area contributed by atoms with Crippen molar-refractivity contribution in [3.05, 3.63) is 71.1 Å². The zero-order chi connectivity index (χ0) is 34.5. The molecule has 0 spiro atoms. The molecule has 1 aromatic carbocycles. The van der Waals surface area contributed by atoms with Crippen LogP contribution in [0, 0.1) is 25.6 Å². The van der Waals surface area contributed by atoms with E-state index in [2.05, 4.69) is 92.4 Å². The van der Waals surface area contributed by atoms with Crippen molar-refractivity contribution >= 4 is 5.84 Å². The molecular formula is C39H69FN4. The van der Waals surface area contributed by atoms with E-state index in [9.17, 15) is 4.39 Å². The highest BCUT2D eigenvalue weighted by Gasteiger charge is 2.22. The maximum absolute atomic E-state index is 14.4. The largest absolute Gasteiger partial charge is 0.370 e. The van der Waals surface area contributed by atoms with Crippen LogP contribution in [0.2, 0.25) is 0 Å². The zero-order valence-corrected chi connectivity index (χ0v) is 30.8. The molecule has 0 bridgehead atoms. The molecule has 252 valence electrons. The summed E-state index contributed by atoms with van der Waals surface area (Å²) in [6, 6.07) is 6.59. The van der Waals surface area contributed by atoms with Crippen LogP contribution in [0.1, 0.15) is 112 Å². The first kappa shape index (κ1) is 45.7. The SMILES string of the molecule is C#C.C=C(/C=C\C(=C/C)CNC(C)=NC)CCC(CC)N(CCC)C(C)CCN(CC)Cc1ccc(C)cc1F.CC.CC. The summed E-state index contributed by atoms with van der Waals surface area (Å²) >= 11 is 0. The van der Waals surface area contributed by atoms with Crippen molar-refractivity contribution in [2.75, 3.05) is 33.2 Å². The van der Waals surface area contributed by atoms with Gasteiger partial charge < -0.3 is 5.32 Å². The van der Waals surface area contributed by atoms with Gasteiger partial charge in [0.25, 0.3) is 0 Å². The molecule has 44 heavy (non-hydrogen) atoms. The second kappa shape index (κ2) is 30.4. The van der Waals surface area contributed by atoms with E-state index in [0.717, 1.165) is 75.2 Å². The number of rotatable bonds is 18. The number of allylic oxidation sites excluding steroid dienone is 3. The molecule has 1 aromatic rings. The van der Waals surface area contributed by atoms with Crippen LogP contribution in [-0.4, -0.2) is 60.9 Å². The number of aryl methyl sites for hydroxylation is 1. The molecule has 1 rings (SSSR count). The molecule has 0 aromatic heterocycles. The topological polar surface area (TPSA) is 30.9 Å². The highest BCUT2D eigenvalue weighted by molar-refractivity contribution is 5.79. The molecule has 0 amide bonds. The molecule has 0 aliphatic carbocycles. The monoisotopic (exact) mass is 613 g/mol. The fourth-order valence-electron chi connectivity index (χ4n) is 4.76. The smallest absolute Gasteiger partial charge is 0.127 e. The Labute approximate surface area is 274 Å². The van der Waals surface area contributed by atoms with Gasteiger partial charge in [0.15, 0.2) is 0 Å². The Morgan fingerprint density at radius 3 is 2.20 bits per heavy atom. The third kappa shape index (κ3) is 20.3. The van der Waals surface area contributed by atoms with Gasteiger partial charge in [-0.3, -0.25) is 14.8 Å². The van der Waals surface area contributed by atoms with Crippen LogP contribution in [0.4, 0.5) is 4.39 Å². The molecule has 2 unspecified atom stereocenters. The van der Waals surface area contributed by atoms with Crippen LogP contribution in [0.25, 0.3) is 0 Å². The quantitative estimate of drug-likeness (QED) is 0.0775. The Morgan fingerprint density at radius 2 is 1.70 bits per heavy atom. The van der Waals surface area contributed by atoms with Gasteiger partial charge in [-0.25, -0.2) is 4.39 Å². The molecule has 0 radical (unpaired) electrons. The first-order valence-electron chi connectivity index (χ1n) is 16.9. The van der Waals surface area contributed by atoms with E-state index in [1.807, 2.05) is 53.7 Å². The summed E-state index contributed by atoms with van der Waals surface area (Å²) in [5.74, 6) is 0.851. The second-order valence-corrected chi connectivity index (χ2v) is 10.5. The third-order valence-corrected chi connectivity index (χ3v) is 7.49. The number of halogens is 1. The van der Waals surface area contributed by atoms with Gasteiger partial charge in [0.2, 0.25) is 0 Å². The van der Waals surface area contributed by atoms with Crippen LogP contribution in [-0.2, 0) is 6.54 Å². The number of hydrogen-bond donors (Lipinski definition) is 1. The number of amidine groups is 1. The van der Waals surface area contributed by atoms with Crippen molar-refractivity contribution in [1.29, 1.82) is 0 Å². The Bertz CT molecular complexity index is 960. The van der Waals surface area contributed by atoms with E-state index in [1.165, 1.54) is 11.1 Å². The fraction of sp³-hybridized carbons (Fsp3) is 0.615. The molecule has 2 atom stereocenters. The van der Waals surface area contributed by atoms with Crippen LogP contribution in [0.3, 0.4) is 0 Å². The number of benzene rings is 1. The first-order valence-corrected chi connectivity index (χ1v) is 16.9. The molecule has 0 saturated heterocycles. The molecule has 1 N–H and O–H groups in total. The van der Waals surface area contributed by atoms with Crippen molar-refractivity contribution in [2.24, 2.45) is 4.99 Å². The van der Waals surface area contributed by atoms with E-state index in [-0.39, 0.29) is 5.82 Å². The van der Waals surface area contributed by atoms with E-state index in [0.29, 0.717) is 18.6 Å². The van der Waals surface area contributed by atoms with Crippen LogP contribution in [0.15, 0.2) is 59.1 Å².